The molecule has 0 unspecified atom stereocenters. The monoisotopic (exact) mass is 436 g/mol. The van der Waals surface area contributed by atoms with Crippen molar-refractivity contribution in [1.29, 1.82) is 5.26 Å². The molecular formula is C25H28N2O5. The van der Waals surface area contributed by atoms with E-state index in [-0.39, 0.29) is 6.10 Å². The number of hydrogen-bond donors (Lipinski definition) is 1. The predicted octanol–water partition coefficient (Wildman–Crippen LogP) is 3.00. The van der Waals surface area contributed by atoms with Gasteiger partial charge in [-0.2, -0.15) is 5.26 Å². The van der Waals surface area contributed by atoms with Gasteiger partial charge in [0.05, 0.1) is 37.5 Å². The van der Waals surface area contributed by atoms with Crippen LogP contribution in [0.5, 0.6) is 11.5 Å². The second-order valence-electron chi connectivity index (χ2n) is 8.57. The van der Waals surface area contributed by atoms with Crippen molar-refractivity contribution >= 4 is 5.97 Å². The van der Waals surface area contributed by atoms with E-state index in [4.69, 9.17) is 14.2 Å². The van der Waals surface area contributed by atoms with Crippen molar-refractivity contribution in [1.82, 2.24) is 4.90 Å². The van der Waals surface area contributed by atoms with E-state index in [2.05, 4.69) is 11.0 Å². The van der Waals surface area contributed by atoms with Gasteiger partial charge in [-0.1, -0.05) is 6.07 Å². The van der Waals surface area contributed by atoms with Crippen LogP contribution in [-0.4, -0.2) is 55.5 Å². The molecule has 2 fully saturated rings. The third kappa shape index (κ3) is 4.72. The molecule has 1 N–H and O–H groups in total. The summed E-state index contributed by atoms with van der Waals surface area (Å²) in [6.07, 6.45) is 0.549. The molecule has 1 heterocycles. The predicted molar refractivity (Wildman–Crippen MR) is 117 cm³/mol. The average Bonchev–Trinajstić information content (AvgIpc) is 3.19. The lowest BCUT2D eigenvalue weighted by Crippen LogP contribution is -2.42. The Bertz CT molecular complexity index is 1020. The van der Waals surface area contributed by atoms with Gasteiger partial charge in [0, 0.05) is 25.2 Å². The Balaban J connectivity index is 1.41. The van der Waals surface area contributed by atoms with E-state index in [0.717, 1.165) is 30.8 Å². The summed E-state index contributed by atoms with van der Waals surface area (Å²) in [6, 6.07) is 14.6. The number of esters is 1. The molecule has 0 bridgehead atoms. The highest BCUT2D eigenvalue weighted by Gasteiger charge is 2.42. The maximum atomic E-state index is 11.8. The molecule has 7 heteroatoms. The van der Waals surface area contributed by atoms with Crippen molar-refractivity contribution < 1.29 is 24.1 Å². The number of fused-ring (bicyclic) bond motifs is 1. The summed E-state index contributed by atoms with van der Waals surface area (Å²) in [7, 11) is 2.99. The highest BCUT2D eigenvalue weighted by Crippen LogP contribution is 2.39. The second-order valence-corrected chi connectivity index (χ2v) is 8.57. The van der Waals surface area contributed by atoms with Crippen LogP contribution >= 0.6 is 0 Å². The molecule has 1 aliphatic heterocycles. The van der Waals surface area contributed by atoms with E-state index in [1.807, 2.05) is 12.1 Å². The number of carbonyl (C=O) groups excluding carboxylic acids is 1. The Morgan fingerprint density at radius 3 is 2.66 bits per heavy atom. The van der Waals surface area contributed by atoms with Gasteiger partial charge in [0.15, 0.2) is 0 Å². The lowest BCUT2D eigenvalue weighted by atomic mass is 9.78. The molecule has 0 amide bonds. The molecule has 0 aromatic heterocycles. The summed E-state index contributed by atoms with van der Waals surface area (Å²) in [4.78, 5) is 14.1. The standard InChI is InChI=1S/C25H28N2O5/c1-30-23-7-6-16(12-26)8-20(23)15-27-13-18-10-22(28)24(11-19(18)14-27)32-21-5-3-4-17(9-21)25(29)31-2/h3-9,18-19,22,24,28H,10-11,13-15H2,1-2H3/t18-,19+,22+,24+/m0/s1. The summed E-state index contributed by atoms with van der Waals surface area (Å²) in [5, 5.41) is 20.0. The SMILES string of the molecule is COC(=O)c1cccc(O[C@@H]2C[C@@H]3CN(Cc4cc(C#N)ccc4OC)C[C@@H]3C[C@H]2O)c1. The number of benzene rings is 2. The van der Waals surface area contributed by atoms with Gasteiger partial charge in [-0.05, 0) is 61.1 Å². The zero-order valence-corrected chi connectivity index (χ0v) is 18.4. The van der Waals surface area contributed by atoms with E-state index >= 15 is 0 Å². The fourth-order valence-corrected chi connectivity index (χ4v) is 4.94. The normalized spacial score (nSPS) is 24.9. The summed E-state index contributed by atoms with van der Waals surface area (Å²) in [6.45, 7) is 2.50. The number of rotatable bonds is 6. The van der Waals surface area contributed by atoms with Gasteiger partial charge >= 0.3 is 5.97 Å². The van der Waals surface area contributed by atoms with Crippen LogP contribution in [-0.2, 0) is 11.3 Å². The molecule has 32 heavy (non-hydrogen) atoms. The quantitative estimate of drug-likeness (QED) is 0.696. The van der Waals surface area contributed by atoms with Crippen molar-refractivity contribution in [2.75, 3.05) is 27.3 Å². The number of methoxy groups -OCH3 is 2. The molecule has 168 valence electrons. The first-order valence-corrected chi connectivity index (χ1v) is 10.8. The third-order valence-corrected chi connectivity index (χ3v) is 6.51. The third-order valence-electron chi connectivity index (χ3n) is 6.51. The lowest BCUT2D eigenvalue weighted by molar-refractivity contribution is -0.0231. The van der Waals surface area contributed by atoms with Gasteiger partial charge in [0.2, 0.25) is 0 Å². The first kappa shape index (κ1) is 22.1. The molecule has 0 spiro atoms. The van der Waals surface area contributed by atoms with Crippen LogP contribution in [0.15, 0.2) is 42.5 Å². The second kappa shape index (κ2) is 9.60. The molecule has 4 atom stereocenters. The summed E-state index contributed by atoms with van der Waals surface area (Å²) in [5.74, 6) is 1.74. The first-order valence-electron chi connectivity index (χ1n) is 10.8. The number of carbonyl (C=O) groups is 1. The molecule has 2 aliphatic rings. The number of likely N-dealkylation sites (tertiary alicyclic amines) is 1. The summed E-state index contributed by atoms with van der Waals surface area (Å²) >= 11 is 0. The van der Waals surface area contributed by atoms with Gasteiger partial charge in [-0.25, -0.2) is 4.79 Å². The van der Waals surface area contributed by atoms with Gasteiger partial charge in [-0.15, -0.1) is 0 Å². The van der Waals surface area contributed by atoms with Crippen LogP contribution in [0, 0.1) is 23.2 Å². The highest BCUT2D eigenvalue weighted by molar-refractivity contribution is 5.89. The Morgan fingerprint density at radius 2 is 1.94 bits per heavy atom. The number of nitrogens with zero attached hydrogens (tertiary/aromatic N) is 2. The fraction of sp³-hybridized carbons (Fsp3) is 0.440. The Hall–Kier alpha value is -3.08. The largest absolute Gasteiger partial charge is 0.496 e. The van der Waals surface area contributed by atoms with E-state index in [0.29, 0.717) is 41.7 Å². The van der Waals surface area contributed by atoms with Crippen molar-refractivity contribution in [2.24, 2.45) is 11.8 Å². The van der Waals surface area contributed by atoms with Crippen LogP contribution in [0.1, 0.15) is 34.3 Å². The fourth-order valence-electron chi connectivity index (χ4n) is 4.94. The van der Waals surface area contributed by atoms with E-state index in [9.17, 15) is 15.2 Å². The van der Waals surface area contributed by atoms with E-state index in [1.165, 1.54) is 7.11 Å². The maximum absolute atomic E-state index is 11.8. The van der Waals surface area contributed by atoms with Crippen molar-refractivity contribution in [3.05, 3.63) is 59.2 Å². The molecule has 4 rings (SSSR count). The zero-order valence-electron chi connectivity index (χ0n) is 18.4. The number of aliphatic hydroxyl groups is 1. The topological polar surface area (TPSA) is 92.0 Å². The van der Waals surface area contributed by atoms with Crippen LogP contribution in [0.3, 0.4) is 0 Å². The molecule has 2 aromatic rings. The van der Waals surface area contributed by atoms with E-state index in [1.54, 1.807) is 37.4 Å². The minimum Gasteiger partial charge on any atom is -0.496 e. The molecule has 2 aromatic carbocycles. The molecule has 7 nitrogen and oxygen atoms in total. The molecule has 0 radical (unpaired) electrons. The Kier molecular flexibility index (Phi) is 6.63. The highest BCUT2D eigenvalue weighted by atomic mass is 16.5. The van der Waals surface area contributed by atoms with Crippen LogP contribution in [0.25, 0.3) is 0 Å². The average molecular weight is 437 g/mol. The first-order chi connectivity index (χ1) is 15.5. The number of ether oxygens (including phenoxy) is 3. The minimum atomic E-state index is -0.561. The van der Waals surface area contributed by atoms with Gasteiger partial charge < -0.3 is 19.3 Å². The molecule has 1 saturated heterocycles. The Labute approximate surface area is 188 Å². The molecular weight excluding hydrogens is 408 g/mol. The van der Waals surface area contributed by atoms with Crippen LogP contribution in [0.2, 0.25) is 0 Å². The van der Waals surface area contributed by atoms with E-state index < -0.39 is 12.1 Å². The van der Waals surface area contributed by atoms with Crippen molar-refractivity contribution in [2.45, 2.75) is 31.6 Å². The number of nitriles is 1. The van der Waals surface area contributed by atoms with Crippen LogP contribution in [0.4, 0.5) is 0 Å². The minimum absolute atomic E-state index is 0.319. The van der Waals surface area contributed by atoms with Crippen LogP contribution < -0.4 is 9.47 Å². The Morgan fingerprint density at radius 1 is 1.16 bits per heavy atom. The van der Waals surface area contributed by atoms with Gasteiger partial charge in [0.25, 0.3) is 0 Å². The van der Waals surface area contributed by atoms with Gasteiger partial charge in [-0.3, -0.25) is 4.90 Å². The molecule has 1 aliphatic carbocycles. The number of aliphatic hydroxyl groups excluding tert-OH is 1. The molecule has 1 saturated carbocycles. The number of hydrogen-bond acceptors (Lipinski definition) is 7. The summed E-state index contributed by atoms with van der Waals surface area (Å²) < 4.78 is 16.4. The van der Waals surface area contributed by atoms with Crippen molar-refractivity contribution in [3.63, 3.8) is 0 Å². The summed E-state index contributed by atoms with van der Waals surface area (Å²) in [5.41, 5.74) is 2.04. The van der Waals surface area contributed by atoms with Crippen molar-refractivity contribution in [3.8, 4) is 17.6 Å². The maximum Gasteiger partial charge on any atom is 0.337 e. The zero-order chi connectivity index (χ0) is 22.7. The lowest BCUT2D eigenvalue weighted by Gasteiger charge is -2.35. The van der Waals surface area contributed by atoms with Gasteiger partial charge in [0.1, 0.15) is 17.6 Å². The smallest absolute Gasteiger partial charge is 0.337 e.